The maximum atomic E-state index is 11.9. The molecule has 2 amide bonds. The predicted octanol–water partition coefficient (Wildman–Crippen LogP) is 1.39. The fourth-order valence-electron chi connectivity index (χ4n) is 1.99. The largest absolute Gasteiger partial charge is 0.480 e. The Balaban J connectivity index is 2.54. The van der Waals surface area contributed by atoms with Gasteiger partial charge >= 0.3 is 12.0 Å². The van der Waals surface area contributed by atoms with Crippen LogP contribution in [0.1, 0.15) is 26.2 Å². The highest BCUT2D eigenvalue weighted by atomic mass is 32.2. The second kappa shape index (κ2) is 6.74. The van der Waals surface area contributed by atoms with Crippen molar-refractivity contribution < 1.29 is 14.7 Å². The van der Waals surface area contributed by atoms with Gasteiger partial charge in [0.15, 0.2) is 0 Å². The van der Waals surface area contributed by atoms with Crippen LogP contribution in [0.2, 0.25) is 0 Å². The minimum absolute atomic E-state index is 0.118. The average molecular weight is 260 g/mol. The molecule has 2 atom stereocenters. The van der Waals surface area contributed by atoms with Gasteiger partial charge in [0.2, 0.25) is 0 Å². The van der Waals surface area contributed by atoms with Crippen molar-refractivity contribution in [3.05, 3.63) is 0 Å². The summed E-state index contributed by atoms with van der Waals surface area (Å²) >= 11 is 1.68. The van der Waals surface area contributed by atoms with E-state index in [1.807, 2.05) is 13.2 Å². The van der Waals surface area contributed by atoms with Gasteiger partial charge in [-0.1, -0.05) is 6.92 Å². The van der Waals surface area contributed by atoms with Crippen molar-refractivity contribution in [1.82, 2.24) is 10.2 Å². The monoisotopic (exact) mass is 260 g/mol. The van der Waals surface area contributed by atoms with Crippen molar-refractivity contribution in [3.63, 3.8) is 0 Å². The number of urea groups is 1. The standard InChI is InChI=1S/C11H20N2O3S/c1-3-8(7-17-2)12-11(16)13-6-4-5-9(13)10(14)15/h8-9H,3-7H2,1-2H3,(H,12,16)(H,14,15). The van der Waals surface area contributed by atoms with Gasteiger partial charge in [0.05, 0.1) is 0 Å². The van der Waals surface area contributed by atoms with Gasteiger partial charge in [-0.05, 0) is 25.5 Å². The zero-order valence-corrected chi connectivity index (χ0v) is 11.1. The quantitative estimate of drug-likeness (QED) is 0.783. The molecular formula is C11H20N2O3S. The minimum atomic E-state index is -0.907. The molecule has 5 nitrogen and oxygen atoms in total. The average Bonchev–Trinajstić information content (AvgIpc) is 2.77. The molecule has 2 unspecified atom stereocenters. The zero-order chi connectivity index (χ0) is 12.8. The molecule has 0 aromatic carbocycles. The SMILES string of the molecule is CCC(CSC)NC(=O)N1CCCC1C(=O)O. The Kier molecular flexibility index (Phi) is 5.61. The summed E-state index contributed by atoms with van der Waals surface area (Å²) < 4.78 is 0. The number of carbonyl (C=O) groups excluding carboxylic acids is 1. The Morgan fingerprint density at radius 3 is 2.82 bits per heavy atom. The summed E-state index contributed by atoms with van der Waals surface area (Å²) in [5.74, 6) is -0.0519. The van der Waals surface area contributed by atoms with Gasteiger partial charge in [-0.3, -0.25) is 0 Å². The molecule has 0 aromatic heterocycles. The van der Waals surface area contributed by atoms with Crippen LogP contribution in [-0.4, -0.2) is 52.6 Å². The van der Waals surface area contributed by atoms with Crippen LogP contribution in [0.4, 0.5) is 4.79 Å². The normalized spacial score (nSPS) is 21.3. The van der Waals surface area contributed by atoms with Crippen LogP contribution in [0.25, 0.3) is 0 Å². The van der Waals surface area contributed by atoms with Crippen molar-refractivity contribution >= 4 is 23.8 Å². The van der Waals surface area contributed by atoms with Crippen molar-refractivity contribution in [3.8, 4) is 0 Å². The molecule has 1 rings (SSSR count). The molecule has 98 valence electrons. The molecule has 0 saturated carbocycles. The van der Waals surface area contributed by atoms with Gasteiger partial charge in [-0.2, -0.15) is 11.8 Å². The summed E-state index contributed by atoms with van der Waals surface area (Å²) in [4.78, 5) is 24.4. The lowest BCUT2D eigenvalue weighted by Crippen LogP contribution is -2.49. The van der Waals surface area contributed by atoms with E-state index < -0.39 is 12.0 Å². The van der Waals surface area contributed by atoms with Crippen molar-refractivity contribution in [2.45, 2.75) is 38.3 Å². The summed E-state index contributed by atoms with van der Waals surface area (Å²) in [6.45, 7) is 2.55. The molecule has 0 radical (unpaired) electrons. The van der Waals surface area contributed by atoms with Crippen LogP contribution < -0.4 is 5.32 Å². The Morgan fingerprint density at radius 1 is 1.59 bits per heavy atom. The number of nitrogens with one attached hydrogen (secondary N) is 1. The summed E-state index contributed by atoms with van der Waals surface area (Å²) in [6.07, 6.45) is 4.18. The van der Waals surface area contributed by atoms with E-state index in [-0.39, 0.29) is 12.1 Å². The summed E-state index contributed by atoms with van der Waals surface area (Å²) in [6, 6.07) is -0.773. The third-order valence-corrected chi connectivity index (χ3v) is 3.72. The molecule has 1 heterocycles. The van der Waals surface area contributed by atoms with E-state index in [0.29, 0.717) is 13.0 Å². The molecular weight excluding hydrogens is 240 g/mol. The van der Waals surface area contributed by atoms with Gasteiger partial charge in [-0.15, -0.1) is 0 Å². The molecule has 1 fully saturated rings. The summed E-state index contributed by atoms with van der Waals surface area (Å²) in [5.41, 5.74) is 0. The van der Waals surface area contributed by atoms with Crippen LogP contribution in [0.15, 0.2) is 0 Å². The molecule has 1 aliphatic rings. The first-order valence-electron chi connectivity index (χ1n) is 5.89. The minimum Gasteiger partial charge on any atom is -0.480 e. The van der Waals surface area contributed by atoms with E-state index in [1.165, 1.54) is 4.90 Å². The summed E-state index contributed by atoms with van der Waals surface area (Å²) in [5, 5.41) is 11.9. The molecule has 2 N–H and O–H groups in total. The van der Waals surface area contributed by atoms with Gasteiger partial charge in [-0.25, -0.2) is 9.59 Å². The topological polar surface area (TPSA) is 69.6 Å². The first-order valence-corrected chi connectivity index (χ1v) is 7.28. The van der Waals surface area contributed by atoms with Gasteiger partial charge in [0.1, 0.15) is 6.04 Å². The molecule has 0 spiro atoms. The first kappa shape index (κ1) is 14.2. The van der Waals surface area contributed by atoms with Crippen LogP contribution in [0, 0.1) is 0 Å². The number of carboxylic acid groups (broad SMARTS) is 1. The maximum Gasteiger partial charge on any atom is 0.326 e. The van der Waals surface area contributed by atoms with E-state index in [4.69, 9.17) is 5.11 Å². The number of nitrogens with zero attached hydrogens (tertiary/aromatic N) is 1. The van der Waals surface area contributed by atoms with E-state index >= 15 is 0 Å². The lowest BCUT2D eigenvalue weighted by Gasteiger charge is -2.25. The molecule has 1 saturated heterocycles. The number of thioether (sulfide) groups is 1. The number of rotatable bonds is 5. The molecule has 1 aliphatic heterocycles. The Labute approximate surface area is 106 Å². The van der Waals surface area contributed by atoms with Crippen LogP contribution in [-0.2, 0) is 4.79 Å². The molecule has 0 aliphatic carbocycles. The van der Waals surface area contributed by atoms with Crippen LogP contribution >= 0.6 is 11.8 Å². The fraction of sp³-hybridized carbons (Fsp3) is 0.818. The zero-order valence-electron chi connectivity index (χ0n) is 10.3. The highest BCUT2D eigenvalue weighted by Crippen LogP contribution is 2.17. The van der Waals surface area contributed by atoms with Crippen molar-refractivity contribution in [2.75, 3.05) is 18.6 Å². The Morgan fingerprint density at radius 2 is 2.29 bits per heavy atom. The van der Waals surface area contributed by atoms with E-state index in [9.17, 15) is 9.59 Å². The fourth-order valence-corrected chi connectivity index (χ4v) is 2.71. The number of aliphatic carboxylic acids is 1. The van der Waals surface area contributed by atoms with E-state index in [1.54, 1.807) is 11.8 Å². The Bertz CT molecular complexity index is 286. The molecule has 17 heavy (non-hydrogen) atoms. The predicted molar refractivity (Wildman–Crippen MR) is 68.4 cm³/mol. The van der Waals surface area contributed by atoms with Crippen LogP contribution in [0.5, 0.6) is 0 Å². The smallest absolute Gasteiger partial charge is 0.326 e. The molecule has 0 bridgehead atoms. The lowest BCUT2D eigenvalue weighted by molar-refractivity contribution is -0.141. The lowest BCUT2D eigenvalue weighted by atomic mass is 10.2. The van der Waals surface area contributed by atoms with Gasteiger partial charge in [0, 0.05) is 18.3 Å². The highest BCUT2D eigenvalue weighted by Gasteiger charge is 2.34. The van der Waals surface area contributed by atoms with Crippen LogP contribution in [0.3, 0.4) is 0 Å². The third-order valence-electron chi connectivity index (χ3n) is 2.99. The number of carboxylic acids is 1. The highest BCUT2D eigenvalue weighted by molar-refractivity contribution is 7.98. The number of hydrogen-bond donors (Lipinski definition) is 2. The van der Waals surface area contributed by atoms with Crippen molar-refractivity contribution in [1.29, 1.82) is 0 Å². The van der Waals surface area contributed by atoms with Crippen molar-refractivity contribution in [2.24, 2.45) is 0 Å². The third kappa shape index (κ3) is 3.80. The molecule has 6 heteroatoms. The first-order chi connectivity index (χ1) is 8.10. The van der Waals surface area contributed by atoms with Gasteiger partial charge < -0.3 is 15.3 Å². The number of hydrogen-bond acceptors (Lipinski definition) is 3. The maximum absolute atomic E-state index is 11.9. The van der Waals surface area contributed by atoms with Gasteiger partial charge in [0.25, 0.3) is 0 Å². The second-order valence-electron chi connectivity index (χ2n) is 4.20. The Hall–Kier alpha value is -0.910. The van der Waals surface area contributed by atoms with E-state index in [2.05, 4.69) is 5.32 Å². The number of carbonyl (C=O) groups is 2. The van der Waals surface area contributed by atoms with E-state index in [0.717, 1.165) is 18.6 Å². The molecule has 0 aromatic rings. The number of amides is 2. The number of likely N-dealkylation sites (tertiary alicyclic amines) is 1. The summed E-state index contributed by atoms with van der Waals surface area (Å²) in [7, 11) is 0. The second-order valence-corrected chi connectivity index (χ2v) is 5.11.